The average Bonchev–Trinajstić information content (AvgIpc) is 2.93. The largest absolute Gasteiger partial charge is 0.411 e. The smallest absolute Gasteiger partial charge is 0.159 e. The van der Waals surface area contributed by atoms with E-state index in [1.807, 2.05) is 6.92 Å². The van der Waals surface area contributed by atoms with Crippen LogP contribution in [0.25, 0.3) is 0 Å². The Morgan fingerprint density at radius 1 is 1.16 bits per heavy atom. The summed E-state index contributed by atoms with van der Waals surface area (Å²) in [5, 5.41) is 12.8. The van der Waals surface area contributed by atoms with E-state index in [0.717, 1.165) is 43.4 Å². The van der Waals surface area contributed by atoms with Crippen LogP contribution < -0.4 is 0 Å². The van der Waals surface area contributed by atoms with Crippen molar-refractivity contribution >= 4 is 17.3 Å². The van der Waals surface area contributed by atoms with Gasteiger partial charge in [0.15, 0.2) is 11.6 Å². The van der Waals surface area contributed by atoms with E-state index in [-0.39, 0.29) is 22.4 Å². The van der Waals surface area contributed by atoms with E-state index in [4.69, 9.17) is 0 Å². The molecule has 6 atom stereocenters. The van der Waals surface area contributed by atoms with Crippen LogP contribution in [0.15, 0.2) is 16.8 Å². The molecule has 5 unspecified atom stereocenters. The van der Waals surface area contributed by atoms with E-state index >= 15 is 0 Å². The molecule has 4 nitrogen and oxygen atoms in total. The summed E-state index contributed by atoms with van der Waals surface area (Å²) >= 11 is 0. The Hall–Kier alpha value is -1.45. The van der Waals surface area contributed by atoms with Crippen LogP contribution in [0.1, 0.15) is 65.7 Å². The van der Waals surface area contributed by atoms with Gasteiger partial charge in [-0.1, -0.05) is 19.0 Å². The van der Waals surface area contributed by atoms with Crippen LogP contribution in [0.4, 0.5) is 0 Å². The van der Waals surface area contributed by atoms with Crippen molar-refractivity contribution in [3.8, 4) is 0 Å². The highest BCUT2D eigenvalue weighted by Crippen LogP contribution is 2.66. The van der Waals surface area contributed by atoms with Crippen molar-refractivity contribution in [2.24, 2.45) is 39.7 Å². The van der Waals surface area contributed by atoms with E-state index in [2.05, 4.69) is 19.0 Å². The van der Waals surface area contributed by atoms with Gasteiger partial charge in [-0.15, -0.1) is 0 Å². The van der Waals surface area contributed by atoms with E-state index in [9.17, 15) is 14.8 Å². The molecule has 0 aromatic heterocycles. The molecule has 136 valence electrons. The number of hydrogen-bond donors (Lipinski definition) is 1. The van der Waals surface area contributed by atoms with Gasteiger partial charge in [0.1, 0.15) is 0 Å². The van der Waals surface area contributed by atoms with Crippen LogP contribution in [0.5, 0.6) is 0 Å². The lowest BCUT2D eigenvalue weighted by Crippen LogP contribution is -2.53. The molecule has 1 N–H and O–H groups in total. The molecule has 0 heterocycles. The lowest BCUT2D eigenvalue weighted by atomic mass is 9.46. The molecule has 4 aliphatic rings. The Labute approximate surface area is 149 Å². The lowest BCUT2D eigenvalue weighted by Gasteiger charge is -2.57. The summed E-state index contributed by atoms with van der Waals surface area (Å²) in [4.78, 5) is 24.8. The van der Waals surface area contributed by atoms with Gasteiger partial charge in [-0.3, -0.25) is 9.59 Å². The fourth-order valence-electron chi connectivity index (χ4n) is 7.14. The van der Waals surface area contributed by atoms with E-state index < -0.39 is 0 Å². The zero-order chi connectivity index (χ0) is 18.0. The second-order valence-corrected chi connectivity index (χ2v) is 9.36. The van der Waals surface area contributed by atoms with Gasteiger partial charge >= 0.3 is 0 Å². The number of ketones is 2. The van der Waals surface area contributed by atoms with Crippen LogP contribution in [0.3, 0.4) is 0 Å². The Morgan fingerprint density at radius 3 is 2.64 bits per heavy atom. The van der Waals surface area contributed by atoms with Gasteiger partial charge in [-0.2, -0.15) is 0 Å². The van der Waals surface area contributed by atoms with Crippen molar-refractivity contribution < 1.29 is 14.8 Å². The van der Waals surface area contributed by atoms with Crippen molar-refractivity contribution in [3.63, 3.8) is 0 Å². The molecule has 4 rings (SSSR count). The summed E-state index contributed by atoms with van der Waals surface area (Å²) in [6.07, 6.45) is 8.09. The predicted molar refractivity (Wildman–Crippen MR) is 95.5 cm³/mol. The number of carbonyl (C=O) groups is 2. The van der Waals surface area contributed by atoms with Gasteiger partial charge < -0.3 is 5.21 Å². The summed E-state index contributed by atoms with van der Waals surface area (Å²) in [5.74, 6) is 2.10. The maximum atomic E-state index is 12.9. The van der Waals surface area contributed by atoms with Gasteiger partial charge in [0, 0.05) is 24.3 Å². The van der Waals surface area contributed by atoms with Crippen LogP contribution in [-0.2, 0) is 9.59 Å². The molecule has 3 fully saturated rings. The fraction of sp³-hybridized carbons (Fsp3) is 0.762. The fourth-order valence-corrected chi connectivity index (χ4v) is 7.14. The van der Waals surface area contributed by atoms with Crippen molar-refractivity contribution in [2.75, 3.05) is 0 Å². The first-order valence-electron chi connectivity index (χ1n) is 9.78. The highest BCUT2D eigenvalue weighted by Gasteiger charge is 2.60. The van der Waals surface area contributed by atoms with E-state index in [1.54, 1.807) is 6.08 Å². The van der Waals surface area contributed by atoms with Crippen LogP contribution in [-0.4, -0.2) is 22.5 Å². The van der Waals surface area contributed by atoms with Crippen molar-refractivity contribution in [1.82, 2.24) is 0 Å². The van der Waals surface area contributed by atoms with Crippen LogP contribution in [0, 0.1) is 34.5 Å². The Kier molecular flexibility index (Phi) is 3.75. The van der Waals surface area contributed by atoms with Gasteiger partial charge in [0.2, 0.25) is 0 Å². The Morgan fingerprint density at radius 2 is 1.92 bits per heavy atom. The molecule has 4 aliphatic carbocycles. The topological polar surface area (TPSA) is 66.7 Å². The summed E-state index contributed by atoms with van der Waals surface area (Å²) in [5.41, 5.74) is 1.68. The molecule has 0 aromatic rings. The molecule has 4 heteroatoms. The third-order valence-electron chi connectivity index (χ3n) is 8.45. The first-order chi connectivity index (χ1) is 11.8. The van der Waals surface area contributed by atoms with Gasteiger partial charge in [0.05, 0.1) is 5.71 Å². The van der Waals surface area contributed by atoms with Crippen molar-refractivity contribution in [1.29, 1.82) is 0 Å². The number of nitrogens with zero attached hydrogens (tertiary/aromatic N) is 1. The number of Topliss-reactive ketones (excluding diaryl/α,β-unsaturated/α-hetero) is 1. The molecule has 0 bridgehead atoms. The third kappa shape index (κ3) is 2.22. The molecule has 0 aliphatic heterocycles. The van der Waals surface area contributed by atoms with Gasteiger partial charge in [-0.25, -0.2) is 0 Å². The Bertz CT molecular complexity index is 693. The van der Waals surface area contributed by atoms with Crippen molar-refractivity contribution in [2.45, 2.75) is 65.7 Å². The molecule has 0 spiro atoms. The molecular formula is C21H29NO3. The average molecular weight is 343 g/mol. The highest BCUT2D eigenvalue weighted by molar-refractivity contribution is 6.05. The van der Waals surface area contributed by atoms with Crippen molar-refractivity contribution in [3.05, 3.63) is 11.6 Å². The quantitative estimate of drug-likeness (QED) is 0.441. The van der Waals surface area contributed by atoms with E-state index in [1.165, 1.54) is 0 Å². The summed E-state index contributed by atoms with van der Waals surface area (Å²) in [6, 6.07) is 0. The summed E-state index contributed by atoms with van der Waals surface area (Å²) in [7, 11) is 0. The monoisotopic (exact) mass is 343 g/mol. The summed E-state index contributed by atoms with van der Waals surface area (Å²) in [6.45, 7) is 6.52. The van der Waals surface area contributed by atoms with Crippen LogP contribution >= 0.6 is 0 Å². The second-order valence-electron chi connectivity index (χ2n) is 9.36. The molecule has 3 saturated carbocycles. The SMILES string of the molecule is C/C(=N/O)[C@H]1CCC2C3CC(=O)C4=CC(=O)CCC4(C)C3CCC21C. The standard InChI is InChI=1S/C21H29NO3/c1-12(22-25)15-4-5-16-14-11-19(24)18-10-13(23)6-8-21(18,3)17(14)7-9-20(15,16)2/h10,14-17,25H,4-9,11H2,1-3H3/b22-12-/t14?,15-,16?,17?,20?,21?/m1/s1. The predicted octanol–water partition coefficient (Wildman–Crippen LogP) is 4.16. The number of allylic oxidation sites excluding steroid dienone is 1. The minimum atomic E-state index is -0.118. The normalized spacial score (nSPS) is 47.0. The maximum Gasteiger partial charge on any atom is 0.159 e. The number of rotatable bonds is 1. The molecule has 25 heavy (non-hydrogen) atoms. The lowest BCUT2D eigenvalue weighted by molar-refractivity contribution is -0.130. The minimum absolute atomic E-state index is 0.118. The van der Waals surface area contributed by atoms with Crippen LogP contribution in [0.2, 0.25) is 0 Å². The number of hydrogen-bond acceptors (Lipinski definition) is 4. The van der Waals surface area contributed by atoms with Gasteiger partial charge in [0.25, 0.3) is 0 Å². The second kappa shape index (κ2) is 5.52. The Balaban J connectivity index is 1.71. The molecule has 0 amide bonds. The number of carbonyl (C=O) groups excluding carboxylic acids is 2. The first-order valence-corrected chi connectivity index (χ1v) is 9.78. The third-order valence-corrected chi connectivity index (χ3v) is 8.45. The van der Waals surface area contributed by atoms with E-state index in [0.29, 0.717) is 36.5 Å². The van der Waals surface area contributed by atoms with Gasteiger partial charge in [-0.05, 0) is 73.7 Å². The summed E-state index contributed by atoms with van der Waals surface area (Å²) < 4.78 is 0. The highest BCUT2D eigenvalue weighted by atomic mass is 16.4. The minimum Gasteiger partial charge on any atom is -0.411 e. The first kappa shape index (κ1) is 17.0. The molecule has 0 saturated heterocycles. The number of oxime groups is 1. The maximum absolute atomic E-state index is 12.9. The number of fused-ring (bicyclic) bond motifs is 5. The zero-order valence-corrected chi connectivity index (χ0v) is 15.5. The molecule has 0 aromatic carbocycles. The molecular weight excluding hydrogens is 314 g/mol. The molecule has 0 radical (unpaired) electrons. The zero-order valence-electron chi connectivity index (χ0n) is 15.5.